The fourth-order valence-corrected chi connectivity index (χ4v) is 1.60. The molecule has 0 amide bonds. The number of nitrogens with zero attached hydrogens (tertiary/aromatic N) is 3. The van der Waals surface area contributed by atoms with Crippen molar-refractivity contribution < 1.29 is 8.78 Å². The molecule has 1 aromatic rings. The van der Waals surface area contributed by atoms with Gasteiger partial charge >= 0.3 is 0 Å². The minimum atomic E-state index is -2.75. The van der Waals surface area contributed by atoms with Gasteiger partial charge in [-0.15, -0.1) is 0 Å². The summed E-state index contributed by atoms with van der Waals surface area (Å²) in [6.45, 7) is 0. The van der Waals surface area contributed by atoms with Gasteiger partial charge < -0.3 is 0 Å². The zero-order valence-electron chi connectivity index (χ0n) is 7.34. The number of alkyl halides is 2. The van der Waals surface area contributed by atoms with Gasteiger partial charge in [0.1, 0.15) is 9.77 Å². The summed E-state index contributed by atoms with van der Waals surface area (Å²) in [6, 6.07) is 4.63. The molecule has 6 heteroatoms. The van der Waals surface area contributed by atoms with Crippen molar-refractivity contribution in [2.24, 2.45) is 0 Å². The number of hydrogen-bond donors (Lipinski definition) is 0. The van der Waals surface area contributed by atoms with Crippen molar-refractivity contribution in [3.8, 4) is 12.1 Å². The van der Waals surface area contributed by atoms with E-state index >= 15 is 0 Å². The minimum absolute atomic E-state index is 0.0106. The Balaban J connectivity index is 3.33. The van der Waals surface area contributed by atoms with Gasteiger partial charge in [0.05, 0.1) is 18.1 Å². The van der Waals surface area contributed by atoms with Crippen LogP contribution in [0, 0.1) is 26.4 Å². The van der Waals surface area contributed by atoms with Gasteiger partial charge in [-0.1, -0.05) is 0 Å². The highest BCUT2D eigenvalue weighted by molar-refractivity contribution is 14.1. The maximum atomic E-state index is 12.5. The van der Waals surface area contributed by atoms with Crippen molar-refractivity contribution in [3.63, 3.8) is 0 Å². The average molecular weight is 319 g/mol. The van der Waals surface area contributed by atoms with E-state index in [-0.39, 0.29) is 12.1 Å². The highest BCUT2D eigenvalue weighted by Crippen LogP contribution is 2.24. The van der Waals surface area contributed by atoms with Crippen LogP contribution < -0.4 is 0 Å². The Kier molecular flexibility index (Phi) is 3.92. The van der Waals surface area contributed by atoms with E-state index in [1.807, 2.05) is 28.7 Å². The summed E-state index contributed by atoms with van der Waals surface area (Å²) < 4.78 is 25.4. The Morgan fingerprint density at radius 1 is 1.47 bits per heavy atom. The van der Waals surface area contributed by atoms with Gasteiger partial charge in [0.25, 0.3) is 6.43 Å². The summed E-state index contributed by atoms with van der Waals surface area (Å²) in [7, 11) is 0. The van der Waals surface area contributed by atoms with Crippen LogP contribution in [0.15, 0.2) is 6.07 Å². The molecule has 0 aromatic carbocycles. The van der Waals surface area contributed by atoms with E-state index in [9.17, 15) is 8.78 Å². The predicted octanol–water partition coefficient (Wildman–Crippen LogP) is 2.56. The van der Waals surface area contributed by atoms with E-state index in [0.29, 0.717) is 9.26 Å². The van der Waals surface area contributed by atoms with E-state index in [1.54, 1.807) is 6.07 Å². The quantitative estimate of drug-likeness (QED) is 0.622. The number of hydrogen-bond acceptors (Lipinski definition) is 3. The lowest BCUT2D eigenvalue weighted by Gasteiger charge is -2.05. The number of aromatic nitrogens is 1. The van der Waals surface area contributed by atoms with Crippen LogP contribution in [-0.4, -0.2) is 4.98 Å². The highest BCUT2D eigenvalue weighted by Gasteiger charge is 2.17. The molecule has 0 fully saturated rings. The minimum Gasteiger partial charge on any atom is -0.230 e. The molecular formula is C9H4F2IN3. The van der Waals surface area contributed by atoms with E-state index in [0.717, 1.165) is 0 Å². The van der Waals surface area contributed by atoms with E-state index < -0.39 is 12.0 Å². The summed E-state index contributed by atoms with van der Waals surface area (Å²) in [6.07, 6.45) is -2.74. The second-order valence-electron chi connectivity index (χ2n) is 2.62. The molecule has 0 saturated heterocycles. The lowest BCUT2D eigenvalue weighted by molar-refractivity contribution is 0.150. The summed E-state index contributed by atoms with van der Waals surface area (Å²) in [4.78, 5) is 3.73. The lowest BCUT2D eigenvalue weighted by Crippen LogP contribution is -2.01. The molecule has 0 aliphatic rings. The Morgan fingerprint density at radius 2 is 2.13 bits per heavy atom. The molecule has 0 saturated carbocycles. The van der Waals surface area contributed by atoms with E-state index in [4.69, 9.17) is 10.5 Å². The van der Waals surface area contributed by atoms with Crippen molar-refractivity contribution in [2.75, 3.05) is 0 Å². The standard InChI is InChI=1S/C9H4F2IN3/c10-8(11)6-3-5(1-2-13)9(12)15-7(6)4-14/h3,8H,1H2. The smallest absolute Gasteiger partial charge is 0.230 e. The van der Waals surface area contributed by atoms with Gasteiger partial charge in [-0.2, -0.15) is 10.5 Å². The first-order valence-corrected chi connectivity index (χ1v) is 4.92. The molecule has 76 valence electrons. The van der Waals surface area contributed by atoms with Crippen LogP contribution in [0.3, 0.4) is 0 Å². The van der Waals surface area contributed by atoms with Crippen LogP contribution in [0.4, 0.5) is 8.78 Å². The molecule has 1 aromatic heterocycles. The van der Waals surface area contributed by atoms with Crippen LogP contribution in [0.5, 0.6) is 0 Å². The van der Waals surface area contributed by atoms with E-state index in [1.165, 1.54) is 6.07 Å². The molecule has 0 bridgehead atoms. The van der Waals surface area contributed by atoms with Crippen LogP contribution in [0.25, 0.3) is 0 Å². The van der Waals surface area contributed by atoms with Crippen molar-refractivity contribution in [1.82, 2.24) is 4.98 Å². The topological polar surface area (TPSA) is 60.5 Å². The van der Waals surface area contributed by atoms with Gasteiger partial charge in [0.2, 0.25) is 0 Å². The lowest BCUT2D eigenvalue weighted by atomic mass is 10.1. The third kappa shape index (κ3) is 2.60. The second-order valence-corrected chi connectivity index (χ2v) is 3.65. The van der Waals surface area contributed by atoms with Gasteiger partial charge in [-0.05, 0) is 34.2 Å². The van der Waals surface area contributed by atoms with Crippen molar-refractivity contribution in [2.45, 2.75) is 12.8 Å². The van der Waals surface area contributed by atoms with Crippen molar-refractivity contribution >= 4 is 22.6 Å². The molecule has 1 heterocycles. The van der Waals surface area contributed by atoms with Crippen molar-refractivity contribution in [1.29, 1.82) is 10.5 Å². The van der Waals surface area contributed by atoms with Crippen molar-refractivity contribution in [3.05, 3.63) is 26.6 Å². The molecule has 15 heavy (non-hydrogen) atoms. The third-order valence-electron chi connectivity index (χ3n) is 1.69. The monoisotopic (exact) mass is 319 g/mol. The van der Waals surface area contributed by atoms with Gasteiger partial charge in [-0.25, -0.2) is 13.8 Å². The van der Waals surface area contributed by atoms with Crippen LogP contribution in [0.2, 0.25) is 0 Å². The number of nitriles is 2. The molecule has 0 unspecified atom stereocenters. The van der Waals surface area contributed by atoms with Crippen LogP contribution in [-0.2, 0) is 6.42 Å². The Labute approximate surface area is 98.5 Å². The Hall–Kier alpha value is -1.28. The SMILES string of the molecule is N#CCc1cc(C(F)F)c(C#N)nc1I. The number of rotatable bonds is 2. The Bertz CT molecular complexity index is 460. The molecule has 0 aliphatic heterocycles. The summed E-state index contributed by atoms with van der Waals surface area (Å²) in [5, 5.41) is 17.1. The van der Waals surface area contributed by atoms with E-state index in [2.05, 4.69) is 4.98 Å². The second kappa shape index (κ2) is 4.99. The summed E-state index contributed by atoms with van der Waals surface area (Å²) in [5.41, 5.74) is -0.272. The molecule has 3 nitrogen and oxygen atoms in total. The normalized spacial score (nSPS) is 9.73. The van der Waals surface area contributed by atoms with Gasteiger partial charge in [0.15, 0.2) is 5.69 Å². The molecule has 0 N–H and O–H groups in total. The first-order chi connectivity index (χ1) is 7.10. The first kappa shape index (κ1) is 11.8. The van der Waals surface area contributed by atoms with Crippen LogP contribution >= 0.6 is 22.6 Å². The zero-order chi connectivity index (χ0) is 11.4. The third-order valence-corrected chi connectivity index (χ3v) is 2.62. The van der Waals surface area contributed by atoms with Gasteiger partial charge in [-0.3, -0.25) is 0 Å². The molecule has 0 radical (unpaired) electrons. The molecule has 1 rings (SSSR count). The van der Waals surface area contributed by atoms with Gasteiger partial charge in [0, 0.05) is 0 Å². The zero-order valence-corrected chi connectivity index (χ0v) is 9.49. The summed E-state index contributed by atoms with van der Waals surface area (Å²) in [5.74, 6) is 0. The highest BCUT2D eigenvalue weighted by atomic mass is 127. The molecule has 0 atom stereocenters. The number of halogens is 3. The Morgan fingerprint density at radius 3 is 2.60 bits per heavy atom. The predicted molar refractivity (Wildman–Crippen MR) is 55.9 cm³/mol. The fourth-order valence-electron chi connectivity index (χ4n) is 1.02. The summed E-state index contributed by atoms with van der Waals surface area (Å²) >= 11 is 1.81. The number of pyridine rings is 1. The molecule has 0 aliphatic carbocycles. The maximum absolute atomic E-state index is 12.5. The molecular weight excluding hydrogens is 315 g/mol. The largest absolute Gasteiger partial charge is 0.266 e. The maximum Gasteiger partial charge on any atom is 0.266 e. The molecule has 0 spiro atoms. The average Bonchev–Trinajstić information content (AvgIpc) is 2.20. The van der Waals surface area contributed by atoms with Crippen LogP contribution in [0.1, 0.15) is 23.2 Å². The fraction of sp³-hybridized carbons (Fsp3) is 0.222. The first-order valence-electron chi connectivity index (χ1n) is 3.84.